The van der Waals surface area contributed by atoms with Crippen molar-refractivity contribution in [2.75, 3.05) is 13.2 Å². The molecule has 1 rings (SSSR count). The van der Waals surface area contributed by atoms with E-state index in [1.54, 1.807) is 13.8 Å². The van der Waals surface area contributed by atoms with E-state index in [9.17, 15) is 14.4 Å². The van der Waals surface area contributed by atoms with E-state index in [0.717, 1.165) is 0 Å². The molecule has 1 fully saturated rings. The zero-order valence-electron chi connectivity index (χ0n) is 10.3. The van der Waals surface area contributed by atoms with Crippen LogP contribution in [0.3, 0.4) is 0 Å². The van der Waals surface area contributed by atoms with Crippen LogP contribution in [0.5, 0.6) is 0 Å². The van der Waals surface area contributed by atoms with Crippen molar-refractivity contribution in [1.82, 2.24) is 0 Å². The van der Waals surface area contributed by atoms with Crippen LogP contribution in [0.1, 0.15) is 39.5 Å². The van der Waals surface area contributed by atoms with Gasteiger partial charge in [-0.15, -0.1) is 0 Å². The standard InChI is InChI=1S/C12H18O5/c1-3-16-10(14)8-12(11(15)17-4-2)7-5-6-9(12)13/h3-8H2,1-2H3. The molecule has 0 aromatic carbocycles. The minimum absolute atomic E-state index is 0.196. The van der Waals surface area contributed by atoms with Gasteiger partial charge in [-0.3, -0.25) is 14.4 Å². The number of ketones is 1. The molecule has 0 aliphatic heterocycles. The Bertz CT molecular complexity index is 323. The lowest BCUT2D eigenvalue weighted by molar-refractivity contribution is -0.165. The number of Topliss-reactive ketones (excluding diaryl/α,β-unsaturated/α-hetero) is 1. The largest absolute Gasteiger partial charge is 0.466 e. The summed E-state index contributed by atoms with van der Waals surface area (Å²) >= 11 is 0. The molecule has 0 aromatic rings. The third-order valence-electron chi connectivity index (χ3n) is 2.96. The van der Waals surface area contributed by atoms with Crippen LogP contribution in [0.15, 0.2) is 0 Å². The number of rotatable bonds is 5. The predicted octanol–water partition coefficient (Wildman–Crippen LogP) is 1.24. The molecule has 1 atom stereocenters. The van der Waals surface area contributed by atoms with Crippen molar-refractivity contribution in [3.63, 3.8) is 0 Å². The lowest BCUT2D eigenvalue weighted by Gasteiger charge is -2.23. The summed E-state index contributed by atoms with van der Waals surface area (Å²) in [6.07, 6.45) is 1.14. The third-order valence-corrected chi connectivity index (χ3v) is 2.96. The van der Waals surface area contributed by atoms with Crippen LogP contribution in [0.4, 0.5) is 0 Å². The fourth-order valence-corrected chi connectivity index (χ4v) is 2.13. The lowest BCUT2D eigenvalue weighted by atomic mass is 9.82. The van der Waals surface area contributed by atoms with Crippen molar-refractivity contribution in [1.29, 1.82) is 0 Å². The Morgan fingerprint density at radius 2 is 1.88 bits per heavy atom. The molecule has 0 aromatic heterocycles. The Hall–Kier alpha value is -1.39. The smallest absolute Gasteiger partial charge is 0.320 e. The number of esters is 2. The molecule has 0 amide bonds. The molecular formula is C12H18O5. The van der Waals surface area contributed by atoms with Gasteiger partial charge in [0.1, 0.15) is 5.41 Å². The minimum atomic E-state index is -1.29. The highest BCUT2D eigenvalue weighted by Crippen LogP contribution is 2.39. The highest BCUT2D eigenvalue weighted by atomic mass is 16.5. The average molecular weight is 242 g/mol. The molecule has 0 heterocycles. The van der Waals surface area contributed by atoms with E-state index in [0.29, 0.717) is 19.3 Å². The van der Waals surface area contributed by atoms with Crippen molar-refractivity contribution in [3.05, 3.63) is 0 Å². The van der Waals surface area contributed by atoms with E-state index in [4.69, 9.17) is 9.47 Å². The first-order chi connectivity index (χ1) is 8.06. The molecule has 0 radical (unpaired) electrons. The second-order valence-electron chi connectivity index (χ2n) is 4.06. The van der Waals surface area contributed by atoms with Gasteiger partial charge in [0.05, 0.1) is 19.6 Å². The Labute approximate surface area is 100 Å². The summed E-state index contributed by atoms with van der Waals surface area (Å²) in [5.41, 5.74) is -1.29. The highest BCUT2D eigenvalue weighted by Gasteiger charge is 2.51. The summed E-state index contributed by atoms with van der Waals surface area (Å²) in [7, 11) is 0. The normalized spacial score (nSPS) is 23.5. The molecule has 0 spiro atoms. The molecule has 1 unspecified atom stereocenters. The van der Waals surface area contributed by atoms with E-state index in [2.05, 4.69) is 0 Å². The number of carbonyl (C=O) groups is 3. The first kappa shape index (κ1) is 13.7. The SMILES string of the molecule is CCOC(=O)CC1(C(=O)OCC)CCCC1=O. The molecule has 0 N–H and O–H groups in total. The first-order valence-electron chi connectivity index (χ1n) is 5.93. The maximum absolute atomic E-state index is 11.9. The van der Waals surface area contributed by atoms with Gasteiger partial charge in [0, 0.05) is 6.42 Å². The maximum atomic E-state index is 11.9. The fourth-order valence-electron chi connectivity index (χ4n) is 2.13. The topological polar surface area (TPSA) is 69.7 Å². The van der Waals surface area contributed by atoms with Gasteiger partial charge in [-0.1, -0.05) is 0 Å². The second-order valence-corrected chi connectivity index (χ2v) is 4.06. The van der Waals surface area contributed by atoms with Crippen LogP contribution in [0.25, 0.3) is 0 Å². The van der Waals surface area contributed by atoms with Gasteiger partial charge in [-0.25, -0.2) is 0 Å². The van der Waals surface area contributed by atoms with E-state index in [1.165, 1.54) is 0 Å². The van der Waals surface area contributed by atoms with E-state index in [1.807, 2.05) is 0 Å². The predicted molar refractivity (Wildman–Crippen MR) is 59.2 cm³/mol. The Morgan fingerprint density at radius 1 is 1.24 bits per heavy atom. The molecule has 1 aliphatic carbocycles. The van der Waals surface area contributed by atoms with Crippen molar-refractivity contribution in [2.24, 2.45) is 5.41 Å². The highest BCUT2D eigenvalue weighted by molar-refractivity contribution is 6.07. The van der Waals surface area contributed by atoms with Crippen molar-refractivity contribution in [3.8, 4) is 0 Å². The molecular weight excluding hydrogens is 224 g/mol. The summed E-state index contributed by atoms with van der Waals surface area (Å²) < 4.78 is 9.72. The van der Waals surface area contributed by atoms with Gasteiger partial charge in [0.2, 0.25) is 0 Å². The van der Waals surface area contributed by atoms with Crippen LogP contribution < -0.4 is 0 Å². The molecule has 1 aliphatic rings. The van der Waals surface area contributed by atoms with Crippen LogP contribution >= 0.6 is 0 Å². The van der Waals surface area contributed by atoms with Gasteiger partial charge in [-0.2, -0.15) is 0 Å². The molecule has 1 saturated carbocycles. The molecule has 5 nitrogen and oxygen atoms in total. The maximum Gasteiger partial charge on any atom is 0.320 e. The van der Waals surface area contributed by atoms with Crippen LogP contribution in [0, 0.1) is 5.41 Å². The zero-order valence-corrected chi connectivity index (χ0v) is 10.3. The average Bonchev–Trinajstić information content (AvgIpc) is 2.62. The van der Waals surface area contributed by atoms with Gasteiger partial charge in [0.25, 0.3) is 0 Å². The quantitative estimate of drug-likeness (QED) is 0.536. The van der Waals surface area contributed by atoms with Crippen molar-refractivity contribution >= 4 is 17.7 Å². The summed E-state index contributed by atoms with van der Waals surface area (Å²) in [5.74, 6) is -1.31. The number of hydrogen-bond donors (Lipinski definition) is 0. The van der Waals surface area contributed by atoms with Crippen molar-refractivity contribution < 1.29 is 23.9 Å². The number of hydrogen-bond acceptors (Lipinski definition) is 5. The van der Waals surface area contributed by atoms with Crippen molar-refractivity contribution in [2.45, 2.75) is 39.5 Å². The molecule has 0 saturated heterocycles. The first-order valence-corrected chi connectivity index (χ1v) is 5.93. The summed E-state index contributed by atoms with van der Waals surface area (Å²) in [5, 5.41) is 0. The third kappa shape index (κ3) is 2.84. The lowest BCUT2D eigenvalue weighted by Crippen LogP contribution is -2.39. The molecule has 96 valence electrons. The number of carbonyl (C=O) groups excluding carboxylic acids is 3. The Morgan fingerprint density at radius 3 is 2.35 bits per heavy atom. The summed E-state index contributed by atoms with van der Waals surface area (Å²) in [6.45, 7) is 3.81. The Kier molecular flexibility index (Phi) is 4.66. The molecule has 5 heteroatoms. The molecule has 17 heavy (non-hydrogen) atoms. The number of ether oxygens (including phenoxy) is 2. The van der Waals surface area contributed by atoms with Crippen LogP contribution in [-0.2, 0) is 23.9 Å². The summed E-state index contributed by atoms with van der Waals surface area (Å²) in [4.78, 5) is 35.2. The van der Waals surface area contributed by atoms with Gasteiger partial charge >= 0.3 is 11.9 Å². The van der Waals surface area contributed by atoms with Gasteiger partial charge in [0.15, 0.2) is 5.78 Å². The summed E-state index contributed by atoms with van der Waals surface area (Å²) in [6, 6.07) is 0. The van der Waals surface area contributed by atoms with E-state index < -0.39 is 17.4 Å². The zero-order chi connectivity index (χ0) is 12.9. The van der Waals surface area contributed by atoms with E-state index >= 15 is 0 Å². The van der Waals surface area contributed by atoms with Gasteiger partial charge < -0.3 is 9.47 Å². The van der Waals surface area contributed by atoms with Gasteiger partial charge in [-0.05, 0) is 26.7 Å². The monoisotopic (exact) mass is 242 g/mol. The van der Waals surface area contributed by atoms with Crippen LogP contribution in [0.2, 0.25) is 0 Å². The minimum Gasteiger partial charge on any atom is -0.466 e. The molecule has 0 bridgehead atoms. The van der Waals surface area contributed by atoms with Crippen LogP contribution in [-0.4, -0.2) is 30.9 Å². The Balaban J connectivity index is 2.83. The van der Waals surface area contributed by atoms with E-state index in [-0.39, 0.29) is 25.4 Å². The second kappa shape index (κ2) is 5.80. The fraction of sp³-hybridized carbons (Fsp3) is 0.750.